The van der Waals surface area contributed by atoms with Crippen LogP contribution in [0.2, 0.25) is 0 Å². The second-order valence-corrected chi connectivity index (χ2v) is 4.82. The lowest BCUT2D eigenvalue weighted by molar-refractivity contribution is -0.134. The van der Waals surface area contributed by atoms with Crippen LogP contribution in [-0.4, -0.2) is 43.7 Å². The van der Waals surface area contributed by atoms with Crippen molar-refractivity contribution in [1.29, 1.82) is 0 Å². The van der Waals surface area contributed by atoms with Gasteiger partial charge in [0.2, 0.25) is 5.91 Å². The molecule has 1 N–H and O–H groups in total. The zero-order valence-electron chi connectivity index (χ0n) is 11.7. The van der Waals surface area contributed by atoms with Crippen LogP contribution in [0.25, 0.3) is 0 Å². The van der Waals surface area contributed by atoms with Gasteiger partial charge in [0.15, 0.2) is 0 Å². The molecular weight excluding hydrogens is 240 g/mol. The van der Waals surface area contributed by atoms with Gasteiger partial charge in [0, 0.05) is 26.7 Å². The van der Waals surface area contributed by atoms with Crippen LogP contribution in [0.1, 0.15) is 18.1 Å². The molecule has 0 spiro atoms. The molecule has 0 saturated heterocycles. The maximum atomic E-state index is 12.5. The summed E-state index contributed by atoms with van der Waals surface area (Å²) in [6.45, 7) is 4.75. The number of carbonyl (C=O) groups is 1. The summed E-state index contributed by atoms with van der Waals surface area (Å²) in [5.41, 5.74) is 2.58. The third-order valence-corrected chi connectivity index (χ3v) is 3.64. The molecule has 1 atom stereocenters. The average molecular weight is 262 g/mol. The number of nitrogens with zero attached hydrogens (tertiary/aromatic N) is 1. The van der Waals surface area contributed by atoms with Gasteiger partial charge in [0.1, 0.15) is 0 Å². The van der Waals surface area contributed by atoms with E-state index in [2.05, 4.69) is 17.4 Å². The van der Waals surface area contributed by atoms with Crippen molar-refractivity contribution >= 4 is 5.91 Å². The van der Waals surface area contributed by atoms with Crippen LogP contribution in [0.15, 0.2) is 24.3 Å². The molecule has 1 amide bonds. The molecule has 4 heteroatoms. The molecule has 0 radical (unpaired) electrons. The van der Waals surface area contributed by atoms with Gasteiger partial charge >= 0.3 is 0 Å². The molecule has 4 nitrogen and oxygen atoms in total. The normalized spacial score (nSPS) is 17.9. The Hall–Kier alpha value is -1.39. The summed E-state index contributed by atoms with van der Waals surface area (Å²) in [6.07, 6.45) is 0.776. The van der Waals surface area contributed by atoms with Crippen molar-refractivity contribution in [1.82, 2.24) is 10.2 Å². The number of hydrogen-bond acceptors (Lipinski definition) is 3. The lowest BCUT2D eigenvalue weighted by atomic mass is 9.95. The first-order valence-corrected chi connectivity index (χ1v) is 6.84. The Kier molecular flexibility index (Phi) is 4.93. The highest BCUT2D eigenvalue weighted by molar-refractivity contribution is 5.82. The van der Waals surface area contributed by atoms with Crippen LogP contribution >= 0.6 is 0 Å². The minimum absolute atomic E-state index is 0.105. The molecule has 19 heavy (non-hydrogen) atoms. The maximum absolute atomic E-state index is 12.5. The van der Waals surface area contributed by atoms with Crippen LogP contribution in [0, 0.1) is 0 Å². The van der Waals surface area contributed by atoms with Crippen LogP contribution in [0.4, 0.5) is 0 Å². The Morgan fingerprint density at radius 1 is 1.42 bits per heavy atom. The molecule has 0 unspecified atom stereocenters. The predicted octanol–water partition coefficient (Wildman–Crippen LogP) is 1.20. The second kappa shape index (κ2) is 6.68. The number of likely N-dealkylation sites (N-methyl/N-ethyl adjacent to an activating group) is 1. The molecule has 0 aromatic heterocycles. The predicted molar refractivity (Wildman–Crippen MR) is 74.9 cm³/mol. The number of nitrogens with one attached hydrogen (secondary N) is 1. The third-order valence-electron chi connectivity index (χ3n) is 3.64. The van der Waals surface area contributed by atoms with Gasteiger partial charge in [-0.15, -0.1) is 0 Å². The molecule has 1 heterocycles. The van der Waals surface area contributed by atoms with Gasteiger partial charge in [-0.2, -0.15) is 0 Å². The standard InChI is InChI=1S/C15H22N2O2/c1-3-17(8-9-19-2)15(18)14-10-12-6-4-5-7-13(12)11-16-14/h4-7,14,16H,3,8-11H2,1-2H3/t14-/m0/s1. The SMILES string of the molecule is CCN(CCOC)C(=O)[C@@H]1Cc2ccccc2CN1. The Labute approximate surface area is 114 Å². The first-order valence-electron chi connectivity index (χ1n) is 6.84. The average Bonchev–Trinajstić information content (AvgIpc) is 2.47. The number of fused-ring (bicyclic) bond motifs is 1. The smallest absolute Gasteiger partial charge is 0.240 e. The Bertz CT molecular complexity index is 434. The highest BCUT2D eigenvalue weighted by atomic mass is 16.5. The monoisotopic (exact) mass is 262 g/mol. The summed E-state index contributed by atoms with van der Waals surface area (Å²) in [7, 11) is 1.66. The van der Waals surface area contributed by atoms with E-state index in [9.17, 15) is 4.79 Å². The molecule has 1 aliphatic heterocycles. The van der Waals surface area contributed by atoms with E-state index in [4.69, 9.17) is 4.74 Å². The molecule has 0 bridgehead atoms. The van der Waals surface area contributed by atoms with Gasteiger partial charge in [-0.1, -0.05) is 24.3 Å². The zero-order chi connectivity index (χ0) is 13.7. The van der Waals surface area contributed by atoms with E-state index in [0.717, 1.165) is 19.5 Å². The third kappa shape index (κ3) is 3.33. The largest absolute Gasteiger partial charge is 0.383 e. The summed E-state index contributed by atoms with van der Waals surface area (Å²) in [4.78, 5) is 14.3. The van der Waals surface area contributed by atoms with Gasteiger partial charge in [-0.25, -0.2) is 0 Å². The Balaban J connectivity index is 2.01. The number of hydrogen-bond donors (Lipinski definition) is 1. The maximum Gasteiger partial charge on any atom is 0.240 e. The summed E-state index contributed by atoms with van der Waals surface area (Å²) in [5.74, 6) is 0.175. The first-order chi connectivity index (χ1) is 9.26. The molecule has 2 rings (SSSR count). The summed E-state index contributed by atoms with van der Waals surface area (Å²) < 4.78 is 5.05. The van der Waals surface area contributed by atoms with Crippen molar-refractivity contribution in [2.45, 2.75) is 25.9 Å². The van der Waals surface area contributed by atoms with E-state index in [1.54, 1.807) is 7.11 Å². The molecule has 0 aliphatic carbocycles. The van der Waals surface area contributed by atoms with E-state index in [0.29, 0.717) is 13.2 Å². The fourth-order valence-electron chi connectivity index (χ4n) is 2.47. The minimum atomic E-state index is -0.105. The van der Waals surface area contributed by atoms with E-state index >= 15 is 0 Å². The van der Waals surface area contributed by atoms with Crippen molar-refractivity contribution in [3.8, 4) is 0 Å². The quantitative estimate of drug-likeness (QED) is 0.867. The number of ether oxygens (including phenoxy) is 1. The number of benzene rings is 1. The Morgan fingerprint density at radius 2 is 2.16 bits per heavy atom. The van der Waals surface area contributed by atoms with Gasteiger partial charge in [-0.05, 0) is 24.5 Å². The van der Waals surface area contributed by atoms with E-state index in [1.165, 1.54) is 11.1 Å². The highest BCUT2D eigenvalue weighted by Gasteiger charge is 2.26. The number of rotatable bonds is 5. The molecular formula is C15H22N2O2. The van der Waals surface area contributed by atoms with Crippen molar-refractivity contribution in [2.75, 3.05) is 26.8 Å². The van der Waals surface area contributed by atoms with Crippen molar-refractivity contribution in [3.63, 3.8) is 0 Å². The molecule has 1 aromatic rings. The van der Waals surface area contributed by atoms with Crippen molar-refractivity contribution in [3.05, 3.63) is 35.4 Å². The molecule has 0 fully saturated rings. The molecule has 1 aliphatic rings. The van der Waals surface area contributed by atoms with E-state index in [-0.39, 0.29) is 11.9 Å². The summed E-state index contributed by atoms with van der Waals surface area (Å²) in [6, 6.07) is 8.20. The lowest BCUT2D eigenvalue weighted by Crippen LogP contribution is -2.50. The highest BCUT2D eigenvalue weighted by Crippen LogP contribution is 2.17. The molecule has 0 saturated carbocycles. The number of carbonyl (C=O) groups excluding carboxylic acids is 1. The van der Waals surface area contributed by atoms with Gasteiger partial charge in [0.25, 0.3) is 0 Å². The van der Waals surface area contributed by atoms with Crippen LogP contribution in [-0.2, 0) is 22.5 Å². The van der Waals surface area contributed by atoms with Crippen LogP contribution in [0.5, 0.6) is 0 Å². The zero-order valence-corrected chi connectivity index (χ0v) is 11.7. The van der Waals surface area contributed by atoms with Crippen molar-refractivity contribution in [2.24, 2.45) is 0 Å². The molecule has 1 aromatic carbocycles. The first kappa shape index (κ1) is 14.0. The number of methoxy groups -OCH3 is 1. The van der Waals surface area contributed by atoms with Crippen LogP contribution < -0.4 is 5.32 Å². The van der Waals surface area contributed by atoms with E-state index < -0.39 is 0 Å². The minimum Gasteiger partial charge on any atom is -0.383 e. The van der Waals surface area contributed by atoms with Gasteiger partial charge < -0.3 is 15.0 Å². The van der Waals surface area contributed by atoms with E-state index in [1.807, 2.05) is 24.0 Å². The van der Waals surface area contributed by atoms with Crippen LogP contribution in [0.3, 0.4) is 0 Å². The van der Waals surface area contributed by atoms with Crippen molar-refractivity contribution < 1.29 is 9.53 Å². The number of amides is 1. The lowest BCUT2D eigenvalue weighted by Gasteiger charge is -2.30. The summed E-state index contributed by atoms with van der Waals surface area (Å²) in [5, 5.41) is 3.33. The van der Waals surface area contributed by atoms with Gasteiger partial charge in [0.05, 0.1) is 12.6 Å². The topological polar surface area (TPSA) is 41.6 Å². The summed E-state index contributed by atoms with van der Waals surface area (Å²) >= 11 is 0. The Morgan fingerprint density at radius 3 is 2.84 bits per heavy atom. The molecule has 104 valence electrons. The second-order valence-electron chi connectivity index (χ2n) is 4.82. The fraction of sp³-hybridized carbons (Fsp3) is 0.533. The fourth-order valence-corrected chi connectivity index (χ4v) is 2.47. The van der Waals surface area contributed by atoms with Gasteiger partial charge in [-0.3, -0.25) is 4.79 Å².